The molecule has 0 radical (unpaired) electrons. The van der Waals surface area contributed by atoms with Crippen LogP contribution >= 0.6 is 0 Å². The number of furan rings is 1. The number of hydrogen-bond donors (Lipinski definition) is 0. The molecular formula is C22H19F3N2O2. The molecule has 29 heavy (non-hydrogen) atoms. The molecule has 2 aromatic heterocycles. The van der Waals surface area contributed by atoms with Gasteiger partial charge in [-0.1, -0.05) is 17.7 Å². The van der Waals surface area contributed by atoms with E-state index in [4.69, 9.17) is 9.15 Å². The average molecular weight is 400 g/mol. The van der Waals surface area contributed by atoms with E-state index in [1.165, 1.54) is 6.07 Å². The lowest BCUT2D eigenvalue weighted by Crippen LogP contribution is -2.08. The summed E-state index contributed by atoms with van der Waals surface area (Å²) in [6.07, 6.45) is -2.86. The van der Waals surface area contributed by atoms with Gasteiger partial charge < -0.3 is 13.7 Å². The molecule has 0 unspecified atom stereocenters. The van der Waals surface area contributed by atoms with Crippen molar-refractivity contribution in [2.24, 2.45) is 0 Å². The van der Waals surface area contributed by atoms with Gasteiger partial charge in [-0.3, -0.25) is 0 Å². The van der Waals surface area contributed by atoms with E-state index in [9.17, 15) is 13.2 Å². The third-order valence-corrected chi connectivity index (χ3v) is 4.74. The summed E-state index contributed by atoms with van der Waals surface area (Å²) >= 11 is 0. The Kier molecular flexibility index (Phi) is 4.82. The maximum atomic E-state index is 13.1. The second-order valence-electron chi connectivity index (χ2n) is 6.95. The highest BCUT2D eigenvalue weighted by Crippen LogP contribution is 2.32. The number of aromatic nitrogens is 2. The van der Waals surface area contributed by atoms with E-state index in [0.29, 0.717) is 29.4 Å². The number of rotatable bonds is 5. The van der Waals surface area contributed by atoms with Crippen LogP contribution in [0.2, 0.25) is 0 Å². The summed E-state index contributed by atoms with van der Waals surface area (Å²) in [6, 6.07) is 13.0. The zero-order chi connectivity index (χ0) is 20.6. The number of benzene rings is 2. The Morgan fingerprint density at radius 3 is 2.59 bits per heavy atom. The number of nitrogens with zero attached hydrogens (tertiary/aromatic N) is 2. The van der Waals surface area contributed by atoms with Gasteiger partial charge in [-0.15, -0.1) is 0 Å². The first-order chi connectivity index (χ1) is 13.8. The van der Waals surface area contributed by atoms with Gasteiger partial charge in [0.1, 0.15) is 23.9 Å². The van der Waals surface area contributed by atoms with Crippen LogP contribution in [0.5, 0.6) is 5.75 Å². The molecule has 0 atom stereocenters. The third-order valence-electron chi connectivity index (χ3n) is 4.74. The van der Waals surface area contributed by atoms with Crippen molar-refractivity contribution in [1.82, 2.24) is 9.55 Å². The van der Waals surface area contributed by atoms with Crippen LogP contribution in [0.4, 0.5) is 13.2 Å². The summed E-state index contributed by atoms with van der Waals surface area (Å²) in [4.78, 5) is 4.43. The molecule has 4 nitrogen and oxygen atoms in total. The van der Waals surface area contributed by atoms with Gasteiger partial charge in [0.25, 0.3) is 0 Å². The zero-order valence-electron chi connectivity index (χ0n) is 16.0. The number of fused-ring (bicyclic) bond motifs is 1. The van der Waals surface area contributed by atoms with E-state index in [0.717, 1.165) is 23.3 Å². The van der Waals surface area contributed by atoms with E-state index in [2.05, 4.69) is 4.98 Å². The third kappa shape index (κ3) is 3.99. The highest BCUT2D eigenvalue weighted by atomic mass is 19.4. The second kappa shape index (κ2) is 7.31. The van der Waals surface area contributed by atoms with E-state index < -0.39 is 11.7 Å². The topological polar surface area (TPSA) is 40.2 Å². The standard InChI is InChI=1S/C22H19F3N2O2/c1-14-5-8-20(15(2)10-14)29-13-21-26-18-11-16(22(23,24)25)6-7-19(18)27(21)12-17-4-3-9-28-17/h3-11H,12-13H2,1-2H3. The Labute approximate surface area is 165 Å². The molecule has 0 aliphatic heterocycles. The fourth-order valence-electron chi connectivity index (χ4n) is 3.30. The van der Waals surface area contributed by atoms with Crippen LogP contribution < -0.4 is 4.74 Å². The van der Waals surface area contributed by atoms with E-state index in [1.54, 1.807) is 12.3 Å². The SMILES string of the molecule is Cc1ccc(OCc2nc3cc(C(F)(F)F)ccc3n2Cc2ccco2)c(C)c1. The van der Waals surface area contributed by atoms with Crippen LogP contribution in [0.1, 0.15) is 28.3 Å². The molecule has 0 aliphatic carbocycles. The molecule has 0 amide bonds. The number of imidazole rings is 1. The second-order valence-corrected chi connectivity index (χ2v) is 6.95. The molecule has 4 aromatic rings. The minimum absolute atomic E-state index is 0.126. The van der Waals surface area contributed by atoms with Crippen LogP contribution in [0, 0.1) is 13.8 Å². The highest BCUT2D eigenvalue weighted by molar-refractivity contribution is 5.77. The lowest BCUT2D eigenvalue weighted by molar-refractivity contribution is -0.137. The van der Waals surface area contributed by atoms with Crippen molar-refractivity contribution in [3.8, 4) is 5.75 Å². The van der Waals surface area contributed by atoms with Gasteiger partial charge in [-0.05, 0) is 55.8 Å². The predicted molar refractivity (Wildman–Crippen MR) is 103 cm³/mol. The molecule has 0 saturated heterocycles. The maximum absolute atomic E-state index is 13.1. The van der Waals surface area contributed by atoms with Crippen LogP contribution in [0.3, 0.4) is 0 Å². The quantitative estimate of drug-likeness (QED) is 0.419. The van der Waals surface area contributed by atoms with Crippen LogP contribution in [0.25, 0.3) is 11.0 Å². The highest BCUT2D eigenvalue weighted by Gasteiger charge is 2.31. The van der Waals surface area contributed by atoms with Crippen molar-refractivity contribution in [3.05, 3.63) is 83.1 Å². The first-order valence-corrected chi connectivity index (χ1v) is 9.10. The molecule has 0 bridgehead atoms. The summed E-state index contributed by atoms with van der Waals surface area (Å²) in [6.45, 7) is 4.42. The Morgan fingerprint density at radius 2 is 1.90 bits per heavy atom. The van der Waals surface area contributed by atoms with Gasteiger partial charge in [0.05, 0.1) is 29.4 Å². The minimum atomic E-state index is -4.42. The Bertz CT molecular complexity index is 1150. The molecule has 0 N–H and O–H groups in total. The number of aryl methyl sites for hydroxylation is 2. The fraction of sp³-hybridized carbons (Fsp3) is 0.227. The van der Waals surface area contributed by atoms with Gasteiger partial charge in [0, 0.05) is 0 Å². The molecule has 4 rings (SSSR count). The monoisotopic (exact) mass is 400 g/mol. The number of hydrogen-bond acceptors (Lipinski definition) is 3. The van der Waals surface area contributed by atoms with Crippen LogP contribution in [-0.2, 0) is 19.3 Å². The molecular weight excluding hydrogens is 381 g/mol. The van der Waals surface area contributed by atoms with Crippen molar-refractivity contribution in [3.63, 3.8) is 0 Å². The van der Waals surface area contributed by atoms with Crippen molar-refractivity contribution >= 4 is 11.0 Å². The maximum Gasteiger partial charge on any atom is 0.416 e. The van der Waals surface area contributed by atoms with Gasteiger partial charge in [0.2, 0.25) is 0 Å². The van der Waals surface area contributed by atoms with Gasteiger partial charge in [-0.2, -0.15) is 13.2 Å². The van der Waals surface area contributed by atoms with E-state index in [1.807, 2.05) is 42.7 Å². The fourth-order valence-corrected chi connectivity index (χ4v) is 3.30. The molecule has 2 aromatic carbocycles. The summed E-state index contributed by atoms with van der Waals surface area (Å²) in [5, 5.41) is 0. The zero-order valence-corrected chi connectivity index (χ0v) is 16.0. The lowest BCUT2D eigenvalue weighted by atomic mass is 10.1. The van der Waals surface area contributed by atoms with Crippen molar-refractivity contribution in [2.75, 3.05) is 0 Å². The molecule has 0 aliphatic rings. The van der Waals surface area contributed by atoms with Crippen LogP contribution in [-0.4, -0.2) is 9.55 Å². The van der Waals surface area contributed by atoms with Gasteiger partial charge in [-0.25, -0.2) is 4.98 Å². The van der Waals surface area contributed by atoms with E-state index >= 15 is 0 Å². The summed E-state index contributed by atoms with van der Waals surface area (Å²) in [7, 11) is 0. The first-order valence-electron chi connectivity index (χ1n) is 9.10. The molecule has 0 spiro atoms. The molecule has 0 saturated carbocycles. The smallest absolute Gasteiger partial charge is 0.416 e. The Balaban J connectivity index is 1.71. The number of ether oxygens (including phenoxy) is 1. The van der Waals surface area contributed by atoms with Gasteiger partial charge >= 0.3 is 6.18 Å². The summed E-state index contributed by atoms with van der Waals surface area (Å²) in [5.74, 6) is 1.91. The molecule has 150 valence electrons. The average Bonchev–Trinajstić information content (AvgIpc) is 3.28. The Hall–Kier alpha value is -3.22. The lowest BCUT2D eigenvalue weighted by Gasteiger charge is -2.11. The minimum Gasteiger partial charge on any atom is -0.485 e. The van der Waals surface area contributed by atoms with Crippen molar-refractivity contribution in [1.29, 1.82) is 0 Å². The van der Waals surface area contributed by atoms with Crippen molar-refractivity contribution in [2.45, 2.75) is 33.2 Å². The van der Waals surface area contributed by atoms with Crippen molar-refractivity contribution < 1.29 is 22.3 Å². The molecule has 0 fully saturated rings. The predicted octanol–water partition coefficient (Wildman–Crippen LogP) is 5.89. The Morgan fingerprint density at radius 1 is 1.07 bits per heavy atom. The number of halogens is 3. The van der Waals surface area contributed by atoms with Crippen LogP contribution in [0.15, 0.2) is 59.2 Å². The largest absolute Gasteiger partial charge is 0.485 e. The summed E-state index contributed by atoms with van der Waals surface area (Å²) in [5.41, 5.74) is 2.24. The first kappa shape index (κ1) is 19.1. The normalized spacial score (nSPS) is 11.9. The number of alkyl halides is 3. The van der Waals surface area contributed by atoms with Gasteiger partial charge in [0.15, 0.2) is 0 Å². The van der Waals surface area contributed by atoms with E-state index in [-0.39, 0.29) is 12.1 Å². The summed E-state index contributed by atoms with van der Waals surface area (Å²) < 4.78 is 52.5. The molecule has 2 heterocycles. The molecule has 7 heteroatoms.